The van der Waals surface area contributed by atoms with Crippen molar-refractivity contribution in [2.45, 2.75) is 12.6 Å². The third-order valence-corrected chi connectivity index (χ3v) is 5.89. The van der Waals surface area contributed by atoms with Crippen molar-refractivity contribution < 1.29 is 22.7 Å². The van der Waals surface area contributed by atoms with Crippen molar-refractivity contribution in [2.24, 2.45) is 11.7 Å². The van der Waals surface area contributed by atoms with Gasteiger partial charge in [-0.25, -0.2) is 4.79 Å². The van der Waals surface area contributed by atoms with Gasteiger partial charge in [-0.1, -0.05) is 12.2 Å². The Balaban J connectivity index is 1.34. The summed E-state index contributed by atoms with van der Waals surface area (Å²) in [5, 5.41) is 15.7. The van der Waals surface area contributed by atoms with Crippen LogP contribution in [0.4, 0.5) is 18.0 Å². The molecule has 0 bridgehead atoms. The number of carbonyl (C=O) groups excluding carboxylic acids is 1. The molecule has 2 amide bonds. The van der Waals surface area contributed by atoms with Crippen LogP contribution in [0.5, 0.6) is 0 Å². The van der Waals surface area contributed by atoms with E-state index in [9.17, 15) is 18.0 Å². The smallest absolute Gasteiger partial charge is 0.398 e. The Morgan fingerprint density at radius 1 is 1.31 bits per heavy atom. The predicted molar refractivity (Wildman–Crippen MR) is 129 cm³/mol. The molecule has 12 heteroatoms. The van der Waals surface area contributed by atoms with Gasteiger partial charge in [-0.05, 0) is 36.8 Å². The number of fused-ring (bicyclic) bond motifs is 1. The second kappa shape index (κ2) is 10.8. The zero-order chi connectivity index (χ0) is 25.7. The van der Waals surface area contributed by atoms with E-state index in [0.29, 0.717) is 50.0 Å². The SMILES string of the molecule is N=C(C=CC(N)=C1C=CN2C(=C1)NC=C2C1C=CC=C(NC(=O)NCC(F)(F)F)C1)N1CCOCC1. The number of nitrogens with one attached hydrogen (secondary N) is 4. The van der Waals surface area contributed by atoms with Crippen molar-refractivity contribution >= 4 is 11.9 Å². The van der Waals surface area contributed by atoms with Gasteiger partial charge in [-0.2, -0.15) is 13.2 Å². The lowest BCUT2D eigenvalue weighted by atomic mass is 9.94. The molecule has 1 saturated heterocycles. The van der Waals surface area contributed by atoms with Crippen molar-refractivity contribution in [3.8, 4) is 0 Å². The summed E-state index contributed by atoms with van der Waals surface area (Å²) in [5.41, 5.74) is 9.00. The van der Waals surface area contributed by atoms with Crippen LogP contribution in [0.3, 0.4) is 0 Å². The summed E-state index contributed by atoms with van der Waals surface area (Å²) in [6.45, 7) is 1.17. The fourth-order valence-electron chi connectivity index (χ4n) is 4.04. The van der Waals surface area contributed by atoms with Gasteiger partial charge >= 0.3 is 12.2 Å². The summed E-state index contributed by atoms with van der Waals surface area (Å²) in [7, 11) is 0. The number of amides is 2. The molecule has 1 atom stereocenters. The second-order valence-corrected chi connectivity index (χ2v) is 8.47. The largest absolute Gasteiger partial charge is 0.405 e. The van der Waals surface area contributed by atoms with Crippen LogP contribution in [0.1, 0.15) is 6.42 Å². The molecule has 0 spiro atoms. The number of alkyl halides is 3. The summed E-state index contributed by atoms with van der Waals surface area (Å²) in [6.07, 6.45) is 12.2. The highest BCUT2D eigenvalue weighted by atomic mass is 19.4. The number of rotatable bonds is 5. The van der Waals surface area contributed by atoms with Crippen LogP contribution in [0.2, 0.25) is 0 Å². The molecular formula is C24H28F3N7O2. The Bertz CT molecular complexity index is 1110. The van der Waals surface area contributed by atoms with Crippen LogP contribution in [0.25, 0.3) is 0 Å². The van der Waals surface area contributed by atoms with Gasteiger partial charge in [-0.15, -0.1) is 0 Å². The van der Waals surface area contributed by atoms with Gasteiger partial charge in [0.1, 0.15) is 18.2 Å². The molecule has 1 aliphatic carbocycles. The highest BCUT2D eigenvalue weighted by Gasteiger charge is 2.30. The minimum atomic E-state index is -4.47. The van der Waals surface area contributed by atoms with Crippen LogP contribution in [0.15, 0.2) is 83.4 Å². The normalized spacial score (nSPS) is 23.0. The van der Waals surface area contributed by atoms with E-state index in [1.54, 1.807) is 24.3 Å². The maximum atomic E-state index is 12.3. The quantitative estimate of drug-likeness (QED) is 0.291. The second-order valence-electron chi connectivity index (χ2n) is 8.47. The van der Waals surface area contributed by atoms with Gasteiger partial charge in [0, 0.05) is 54.1 Å². The first-order valence-electron chi connectivity index (χ1n) is 11.4. The molecule has 0 radical (unpaired) electrons. The van der Waals surface area contributed by atoms with Gasteiger partial charge < -0.3 is 36.2 Å². The average molecular weight is 504 g/mol. The number of halogens is 3. The third kappa shape index (κ3) is 6.39. The van der Waals surface area contributed by atoms with Crippen molar-refractivity contribution in [2.75, 3.05) is 32.8 Å². The molecule has 1 fully saturated rings. The fourth-order valence-corrected chi connectivity index (χ4v) is 4.04. The number of amidine groups is 1. The van der Waals surface area contributed by atoms with Gasteiger partial charge in [0.2, 0.25) is 0 Å². The number of hydrogen-bond acceptors (Lipinski definition) is 6. The number of urea groups is 1. The summed E-state index contributed by atoms with van der Waals surface area (Å²) in [4.78, 5) is 15.7. The van der Waals surface area contributed by atoms with E-state index in [2.05, 4.69) is 10.6 Å². The number of ether oxygens (including phenoxy) is 1. The standard InChI is InChI=1S/C24H28F3N7O2/c25-24(26,27)15-31-23(35)32-18-3-1-2-17(12-18)20-14-30-22-13-16(6-7-34(20)22)19(28)4-5-21(29)33-8-10-36-11-9-33/h1-7,13-14,17,29-30H,8-12,15,28H2,(H2,31,32,35). The lowest BCUT2D eigenvalue weighted by Crippen LogP contribution is -2.40. The van der Waals surface area contributed by atoms with Crippen molar-refractivity contribution in [3.63, 3.8) is 0 Å². The van der Waals surface area contributed by atoms with Crippen LogP contribution >= 0.6 is 0 Å². The minimum Gasteiger partial charge on any atom is -0.398 e. The van der Waals surface area contributed by atoms with Crippen molar-refractivity contribution in [1.82, 2.24) is 25.8 Å². The summed E-state index contributed by atoms with van der Waals surface area (Å²) >= 11 is 0. The third-order valence-electron chi connectivity index (χ3n) is 5.89. The maximum absolute atomic E-state index is 12.3. The molecule has 9 nitrogen and oxygen atoms in total. The Hall–Kier alpha value is -3.93. The molecule has 4 aliphatic rings. The van der Waals surface area contributed by atoms with E-state index in [1.807, 2.05) is 45.7 Å². The van der Waals surface area contributed by atoms with Gasteiger partial charge in [-0.3, -0.25) is 5.41 Å². The molecular weight excluding hydrogens is 475 g/mol. The Kier molecular flexibility index (Phi) is 7.53. The van der Waals surface area contributed by atoms with Gasteiger partial charge in [0.25, 0.3) is 0 Å². The summed E-state index contributed by atoms with van der Waals surface area (Å²) < 4.78 is 42.3. The number of carbonyl (C=O) groups is 1. The molecule has 6 N–H and O–H groups in total. The van der Waals surface area contributed by atoms with E-state index in [0.717, 1.165) is 17.1 Å². The van der Waals surface area contributed by atoms with E-state index in [-0.39, 0.29) is 5.92 Å². The number of hydrogen-bond donors (Lipinski definition) is 5. The van der Waals surface area contributed by atoms with E-state index < -0.39 is 18.8 Å². The summed E-state index contributed by atoms with van der Waals surface area (Å²) in [5.74, 6) is 1.07. The first-order valence-corrected chi connectivity index (χ1v) is 11.4. The predicted octanol–water partition coefficient (Wildman–Crippen LogP) is 2.50. The number of nitrogens with zero attached hydrogens (tertiary/aromatic N) is 2. The van der Waals surface area contributed by atoms with Crippen LogP contribution in [0, 0.1) is 11.3 Å². The number of allylic oxidation sites excluding steroid dienone is 8. The van der Waals surface area contributed by atoms with Crippen molar-refractivity contribution in [3.05, 3.63) is 83.4 Å². The highest BCUT2D eigenvalue weighted by molar-refractivity contribution is 5.90. The molecule has 192 valence electrons. The van der Waals surface area contributed by atoms with Crippen LogP contribution in [-0.4, -0.2) is 60.7 Å². The molecule has 3 heterocycles. The lowest BCUT2D eigenvalue weighted by molar-refractivity contribution is -0.122. The molecule has 36 heavy (non-hydrogen) atoms. The van der Waals surface area contributed by atoms with Gasteiger partial charge in [0.15, 0.2) is 0 Å². The highest BCUT2D eigenvalue weighted by Crippen LogP contribution is 2.34. The van der Waals surface area contributed by atoms with Gasteiger partial charge in [0.05, 0.1) is 13.2 Å². The van der Waals surface area contributed by atoms with E-state index >= 15 is 0 Å². The topological polar surface area (TPSA) is 119 Å². The first kappa shape index (κ1) is 25.2. The maximum Gasteiger partial charge on any atom is 0.405 e. The van der Waals surface area contributed by atoms with Crippen molar-refractivity contribution in [1.29, 1.82) is 5.41 Å². The molecule has 0 aromatic heterocycles. The molecule has 4 rings (SSSR count). The fraction of sp³-hybridized carbons (Fsp3) is 0.333. The first-order chi connectivity index (χ1) is 17.2. The molecule has 0 aromatic carbocycles. The average Bonchev–Trinajstić information content (AvgIpc) is 3.29. The number of morpholine rings is 1. The van der Waals surface area contributed by atoms with E-state index in [1.165, 1.54) is 0 Å². The molecule has 1 unspecified atom stereocenters. The summed E-state index contributed by atoms with van der Waals surface area (Å²) in [6, 6.07) is -0.899. The molecule has 0 saturated carbocycles. The van der Waals surface area contributed by atoms with Crippen LogP contribution < -0.4 is 21.7 Å². The molecule has 0 aromatic rings. The number of nitrogens with two attached hydrogens (primary N) is 1. The Morgan fingerprint density at radius 3 is 2.83 bits per heavy atom. The zero-order valence-corrected chi connectivity index (χ0v) is 19.4. The van der Waals surface area contributed by atoms with E-state index in [4.69, 9.17) is 15.9 Å². The Morgan fingerprint density at radius 2 is 2.08 bits per heavy atom. The molecule has 3 aliphatic heterocycles. The lowest BCUT2D eigenvalue weighted by Gasteiger charge is -2.28. The van der Waals surface area contributed by atoms with Crippen LogP contribution in [-0.2, 0) is 4.74 Å². The zero-order valence-electron chi connectivity index (χ0n) is 19.4. The minimum absolute atomic E-state index is 0.104. The monoisotopic (exact) mass is 503 g/mol. The Labute approximate surface area is 206 Å².